The standard InChI is InChI=1S/C16H20Si/c1-16(17,12-14-8-4-2-5-9-14)13-15-10-6-3-7-11-15/h2-11H,12-13H2,1,17H3. The van der Waals surface area contributed by atoms with Crippen molar-refractivity contribution in [3.05, 3.63) is 71.8 Å². The first-order valence-corrected chi connectivity index (χ1v) is 7.24. The SMILES string of the molecule is CC([SiH3])(Cc1ccccc1)Cc1ccccc1. The van der Waals surface area contributed by atoms with Crippen LogP contribution in [0.25, 0.3) is 0 Å². The maximum atomic E-state index is 2.40. The van der Waals surface area contributed by atoms with E-state index >= 15 is 0 Å². The number of hydrogen-bond acceptors (Lipinski definition) is 0. The highest BCUT2D eigenvalue weighted by molar-refractivity contribution is 6.15. The van der Waals surface area contributed by atoms with Gasteiger partial charge in [-0.2, -0.15) is 0 Å². The molecule has 0 saturated carbocycles. The van der Waals surface area contributed by atoms with Crippen molar-refractivity contribution in [2.45, 2.75) is 24.8 Å². The van der Waals surface area contributed by atoms with E-state index < -0.39 is 0 Å². The van der Waals surface area contributed by atoms with Crippen molar-refractivity contribution in [1.82, 2.24) is 0 Å². The summed E-state index contributed by atoms with van der Waals surface area (Å²) < 4.78 is 0. The minimum atomic E-state index is 0.447. The Balaban J connectivity index is 2.04. The van der Waals surface area contributed by atoms with Gasteiger partial charge in [0, 0.05) is 10.2 Å². The van der Waals surface area contributed by atoms with Crippen molar-refractivity contribution in [3.63, 3.8) is 0 Å². The molecule has 0 nitrogen and oxygen atoms in total. The average molecular weight is 240 g/mol. The van der Waals surface area contributed by atoms with Gasteiger partial charge < -0.3 is 0 Å². The van der Waals surface area contributed by atoms with Crippen LogP contribution < -0.4 is 0 Å². The van der Waals surface area contributed by atoms with Gasteiger partial charge in [-0.1, -0.05) is 67.6 Å². The van der Waals surface area contributed by atoms with E-state index in [0.717, 1.165) is 0 Å². The minimum absolute atomic E-state index is 0.447. The molecule has 2 rings (SSSR count). The molecule has 0 atom stereocenters. The third kappa shape index (κ3) is 3.86. The molecule has 0 aliphatic heterocycles. The zero-order valence-electron chi connectivity index (χ0n) is 10.7. The molecule has 0 aromatic heterocycles. The fourth-order valence-electron chi connectivity index (χ4n) is 2.36. The van der Waals surface area contributed by atoms with Gasteiger partial charge >= 0.3 is 0 Å². The maximum absolute atomic E-state index is 2.40. The highest BCUT2D eigenvalue weighted by Crippen LogP contribution is 2.30. The van der Waals surface area contributed by atoms with Crippen LogP contribution in [0.5, 0.6) is 0 Å². The van der Waals surface area contributed by atoms with Gasteiger partial charge in [-0.25, -0.2) is 0 Å². The topological polar surface area (TPSA) is 0 Å². The Hall–Kier alpha value is -1.34. The summed E-state index contributed by atoms with van der Waals surface area (Å²) in [6.45, 7) is 2.40. The Morgan fingerprint density at radius 1 is 0.765 bits per heavy atom. The van der Waals surface area contributed by atoms with Crippen LogP contribution in [0.15, 0.2) is 60.7 Å². The van der Waals surface area contributed by atoms with Crippen molar-refractivity contribution >= 4 is 10.2 Å². The molecule has 0 amide bonds. The number of rotatable bonds is 4. The van der Waals surface area contributed by atoms with Crippen LogP contribution >= 0.6 is 0 Å². The van der Waals surface area contributed by atoms with E-state index in [9.17, 15) is 0 Å². The van der Waals surface area contributed by atoms with Crippen molar-refractivity contribution < 1.29 is 0 Å². The lowest BCUT2D eigenvalue weighted by molar-refractivity contribution is 0.605. The summed E-state index contributed by atoms with van der Waals surface area (Å²) in [5, 5.41) is 0.447. The van der Waals surface area contributed by atoms with E-state index in [2.05, 4.69) is 67.6 Å². The van der Waals surface area contributed by atoms with E-state index in [-0.39, 0.29) is 0 Å². The molecule has 2 aromatic carbocycles. The molecule has 0 bridgehead atoms. The molecule has 0 aliphatic rings. The molecule has 0 aliphatic carbocycles. The quantitative estimate of drug-likeness (QED) is 0.721. The first-order chi connectivity index (χ1) is 8.16. The van der Waals surface area contributed by atoms with Crippen LogP contribution in [-0.4, -0.2) is 10.2 Å². The lowest BCUT2D eigenvalue weighted by Crippen LogP contribution is -2.15. The molecule has 88 valence electrons. The summed E-state index contributed by atoms with van der Waals surface area (Å²) in [6.07, 6.45) is 2.38. The van der Waals surface area contributed by atoms with Gasteiger partial charge in [0.2, 0.25) is 0 Å². The van der Waals surface area contributed by atoms with Gasteiger partial charge in [-0.05, 0) is 29.0 Å². The van der Waals surface area contributed by atoms with E-state index in [1.54, 1.807) is 0 Å². The van der Waals surface area contributed by atoms with Gasteiger partial charge in [-0.3, -0.25) is 0 Å². The summed E-state index contributed by atoms with van der Waals surface area (Å²) >= 11 is 0. The Morgan fingerprint density at radius 2 is 1.12 bits per heavy atom. The van der Waals surface area contributed by atoms with Gasteiger partial charge in [0.05, 0.1) is 0 Å². The Morgan fingerprint density at radius 3 is 1.47 bits per heavy atom. The number of hydrogen-bond donors (Lipinski definition) is 0. The van der Waals surface area contributed by atoms with Gasteiger partial charge in [0.1, 0.15) is 0 Å². The second kappa shape index (κ2) is 5.33. The summed E-state index contributed by atoms with van der Waals surface area (Å²) in [7, 11) is 1.22. The largest absolute Gasteiger partial charge is 0.0623 e. The molecule has 17 heavy (non-hydrogen) atoms. The normalized spacial score (nSPS) is 11.6. The molecule has 0 heterocycles. The third-order valence-corrected chi connectivity index (χ3v) is 3.76. The maximum Gasteiger partial charge on any atom is 0.0111 e. The van der Waals surface area contributed by atoms with Crippen molar-refractivity contribution in [2.75, 3.05) is 0 Å². The predicted octanol–water partition coefficient (Wildman–Crippen LogP) is 3.02. The summed E-state index contributed by atoms with van der Waals surface area (Å²) in [6, 6.07) is 21.7. The molecule has 0 saturated heterocycles. The van der Waals surface area contributed by atoms with E-state index in [1.165, 1.54) is 34.2 Å². The van der Waals surface area contributed by atoms with Crippen LogP contribution in [0.2, 0.25) is 5.04 Å². The van der Waals surface area contributed by atoms with Gasteiger partial charge in [-0.15, -0.1) is 0 Å². The first-order valence-electron chi connectivity index (χ1n) is 6.24. The van der Waals surface area contributed by atoms with Crippen molar-refractivity contribution in [2.24, 2.45) is 0 Å². The number of benzene rings is 2. The zero-order chi connectivity index (χ0) is 12.1. The summed E-state index contributed by atoms with van der Waals surface area (Å²) in [5.74, 6) is 0. The van der Waals surface area contributed by atoms with E-state index in [1.807, 2.05) is 0 Å². The van der Waals surface area contributed by atoms with Crippen LogP contribution in [-0.2, 0) is 12.8 Å². The molecule has 0 radical (unpaired) electrons. The van der Waals surface area contributed by atoms with Crippen molar-refractivity contribution in [1.29, 1.82) is 0 Å². The molecular weight excluding hydrogens is 220 g/mol. The fraction of sp³-hybridized carbons (Fsp3) is 0.250. The zero-order valence-corrected chi connectivity index (χ0v) is 12.7. The Kier molecular flexibility index (Phi) is 3.80. The minimum Gasteiger partial charge on any atom is -0.0623 e. The average Bonchev–Trinajstić information content (AvgIpc) is 2.30. The summed E-state index contributed by atoms with van der Waals surface area (Å²) in [5.41, 5.74) is 2.92. The second-order valence-electron chi connectivity index (χ2n) is 5.49. The van der Waals surface area contributed by atoms with E-state index in [4.69, 9.17) is 0 Å². The van der Waals surface area contributed by atoms with Crippen LogP contribution in [0.1, 0.15) is 18.1 Å². The Bertz CT molecular complexity index is 402. The molecular formula is C16H20Si. The van der Waals surface area contributed by atoms with E-state index in [0.29, 0.717) is 5.04 Å². The lowest BCUT2D eigenvalue weighted by atomic mass is 9.93. The third-order valence-electron chi connectivity index (χ3n) is 3.05. The van der Waals surface area contributed by atoms with Crippen molar-refractivity contribution in [3.8, 4) is 0 Å². The molecule has 1 heteroatoms. The smallest absolute Gasteiger partial charge is 0.0111 e. The van der Waals surface area contributed by atoms with Gasteiger partial charge in [0.15, 0.2) is 0 Å². The molecule has 0 fully saturated rings. The van der Waals surface area contributed by atoms with Gasteiger partial charge in [0.25, 0.3) is 0 Å². The monoisotopic (exact) mass is 240 g/mol. The van der Waals surface area contributed by atoms with Crippen LogP contribution in [0.3, 0.4) is 0 Å². The molecule has 0 unspecified atom stereocenters. The highest BCUT2D eigenvalue weighted by Gasteiger charge is 2.18. The first kappa shape index (κ1) is 12.1. The summed E-state index contributed by atoms with van der Waals surface area (Å²) in [4.78, 5) is 0. The fourth-order valence-corrected chi connectivity index (χ4v) is 3.18. The Labute approximate surface area is 107 Å². The van der Waals surface area contributed by atoms with Crippen LogP contribution in [0, 0.1) is 0 Å². The highest BCUT2D eigenvalue weighted by atomic mass is 28.1. The second-order valence-corrected chi connectivity index (χ2v) is 7.90. The molecule has 0 spiro atoms. The van der Waals surface area contributed by atoms with Crippen LogP contribution in [0.4, 0.5) is 0 Å². The molecule has 0 N–H and O–H groups in total. The lowest BCUT2D eigenvalue weighted by Gasteiger charge is -2.25. The predicted molar refractivity (Wildman–Crippen MR) is 78.6 cm³/mol. The molecule has 2 aromatic rings.